The number of unbranched alkanes of at least 4 members (excludes halogenated alkanes) is 1. The molecule has 7 nitrogen and oxygen atoms in total. The van der Waals surface area contributed by atoms with Gasteiger partial charge in [0.05, 0.1) is 5.56 Å². The number of carbonyl (C=O) groups is 1. The van der Waals surface area contributed by atoms with E-state index in [-0.39, 0.29) is 29.8 Å². The van der Waals surface area contributed by atoms with Crippen molar-refractivity contribution in [1.29, 1.82) is 0 Å². The Hall–Kier alpha value is -2.44. The normalized spacial score (nSPS) is 11.1. The minimum Gasteiger partial charge on any atom is -0.356 e. The lowest BCUT2D eigenvalue weighted by Gasteiger charge is -2.14. The highest BCUT2D eigenvalue weighted by molar-refractivity contribution is 5.75. The molecule has 136 valence electrons. The third kappa shape index (κ3) is 4.78. The van der Waals surface area contributed by atoms with Gasteiger partial charge < -0.3 is 14.4 Å². The van der Waals surface area contributed by atoms with Crippen molar-refractivity contribution < 1.29 is 9.32 Å². The second-order valence-electron chi connectivity index (χ2n) is 6.37. The van der Waals surface area contributed by atoms with E-state index in [2.05, 4.69) is 22.4 Å². The summed E-state index contributed by atoms with van der Waals surface area (Å²) in [6, 6.07) is 3.63. The predicted octanol–water partition coefficient (Wildman–Crippen LogP) is 2.64. The second-order valence-corrected chi connectivity index (χ2v) is 6.37. The molecule has 2 aromatic heterocycles. The average molecular weight is 346 g/mol. The molecule has 0 aromatic carbocycles. The van der Waals surface area contributed by atoms with Gasteiger partial charge >= 0.3 is 0 Å². The SMILES string of the molecule is CCCCNC(=O)CCc1nc(-c2ccc(C)n(C(C)C)c2=O)no1. The molecule has 0 bridgehead atoms. The summed E-state index contributed by atoms with van der Waals surface area (Å²) in [7, 11) is 0. The highest BCUT2D eigenvalue weighted by Gasteiger charge is 2.16. The van der Waals surface area contributed by atoms with E-state index < -0.39 is 0 Å². The summed E-state index contributed by atoms with van der Waals surface area (Å²) in [5.41, 5.74) is 1.15. The maximum Gasteiger partial charge on any atom is 0.262 e. The van der Waals surface area contributed by atoms with E-state index in [0.29, 0.717) is 24.4 Å². The van der Waals surface area contributed by atoms with E-state index in [1.165, 1.54) is 0 Å². The summed E-state index contributed by atoms with van der Waals surface area (Å²) in [6.07, 6.45) is 2.65. The molecule has 0 saturated carbocycles. The van der Waals surface area contributed by atoms with E-state index in [4.69, 9.17) is 4.52 Å². The Bertz CT molecular complexity index is 777. The molecule has 0 aliphatic heterocycles. The van der Waals surface area contributed by atoms with Crippen molar-refractivity contribution in [2.24, 2.45) is 0 Å². The molecule has 0 fully saturated rings. The minimum atomic E-state index is -0.139. The van der Waals surface area contributed by atoms with Gasteiger partial charge in [-0.05, 0) is 39.3 Å². The first-order chi connectivity index (χ1) is 11.9. The highest BCUT2D eigenvalue weighted by Crippen LogP contribution is 2.15. The number of nitrogens with zero attached hydrogens (tertiary/aromatic N) is 3. The molecule has 0 saturated heterocycles. The first-order valence-corrected chi connectivity index (χ1v) is 8.75. The molecule has 0 radical (unpaired) electrons. The molecule has 7 heteroatoms. The number of amides is 1. The molecule has 2 aromatic rings. The fraction of sp³-hybridized carbons (Fsp3) is 0.556. The van der Waals surface area contributed by atoms with Gasteiger partial charge in [-0.15, -0.1) is 0 Å². The van der Waals surface area contributed by atoms with Crippen molar-refractivity contribution in [1.82, 2.24) is 20.0 Å². The van der Waals surface area contributed by atoms with E-state index in [0.717, 1.165) is 18.5 Å². The maximum absolute atomic E-state index is 12.6. The largest absolute Gasteiger partial charge is 0.356 e. The Labute approximate surface area is 147 Å². The van der Waals surface area contributed by atoms with Crippen molar-refractivity contribution in [2.45, 2.75) is 59.4 Å². The first-order valence-electron chi connectivity index (χ1n) is 8.75. The third-order valence-electron chi connectivity index (χ3n) is 3.96. The van der Waals surface area contributed by atoms with E-state index in [1.807, 2.05) is 26.8 Å². The van der Waals surface area contributed by atoms with Crippen LogP contribution in [0.2, 0.25) is 0 Å². The summed E-state index contributed by atoms with van der Waals surface area (Å²) in [5, 5.41) is 6.75. The molecule has 0 spiro atoms. The zero-order chi connectivity index (χ0) is 18.4. The Kier molecular flexibility index (Phi) is 6.50. The number of aromatic nitrogens is 3. The smallest absolute Gasteiger partial charge is 0.262 e. The zero-order valence-electron chi connectivity index (χ0n) is 15.3. The van der Waals surface area contributed by atoms with E-state index in [9.17, 15) is 9.59 Å². The molecule has 2 heterocycles. The van der Waals surface area contributed by atoms with Crippen molar-refractivity contribution in [2.75, 3.05) is 6.54 Å². The van der Waals surface area contributed by atoms with Crippen LogP contribution in [-0.2, 0) is 11.2 Å². The van der Waals surface area contributed by atoms with Crippen LogP contribution in [0.5, 0.6) is 0 Å². The zero-order valence-corrected chi connectivity index (χ0v) is 15.3. The predicted molar refractivity (Wildman–Crippen MR) is 95.4 cm³/mol. The summed E-state index contributed by atoms with van der Waals surface area (Å²) in [6.45, 7) is 8.56. The van der Waals surface area contributed by atoms with Gasteiger partial charge in [0.2, 0.25) is 17.6 Å². The van der Waals surface area contributed by atoms with Gasteiger partial charge in [-0.2, -0.15) is 4.98 Å². The molecule has 2 rings (SSSR count). The van der Waals surface area contributed by atoms with Crippen LogP contribution in [-0.4, -0.2) is 27.2 Å². The minimum absolute atomic E-state index is 0.0364. The molecule has 25 heavy (non-hydrogen) atoms. The van der Waals surface area contributed by atoms with Crippen LogP contribution in [0.25, 0.3) is 11.4 Å². The molecule has 0 aliphatic rings. The first kappa shape index (κ1) is 18.9. The molecule has 0 unspecified atom stereocenters. The van der Waals surface area contributed by atoms with Crippen molar-refractivity contribution in [3.63, 3.8) is 0 Å². The number of pyridine rings is 1. The Morgan fingerprint density at radius 3 is 2.80 bits per heavy atom. The maximum atomic E-state index is 12.6. The van der Waals surface area contributed by atoms with Crippen molar-refractivity contribution >= 4 is 5.91 Å². The lowest BCUT2D eigenvalue weighted by atomic mass is 10.2. The monoisotopic (exact) mass is 346 g/mol. The summed E-state index contributed by atoms with van der Waals surface area (Å²) >= 11 is 0. The fourth-order valence-corrected chi connectivity index (χ4v) is 2.64. The van der Waals surface area contributed by atoms with Crippen LogP contribution in [0.15, 0.2) is 21.5 Å². The third-order valence-corrected chi connectivity index (χ3v) is 3.96. The lowest BCUT2D eigenvalue weighted by molar-refractivity contribution is -0.121. The number of hydrogen-bond acceptors (Lipinski definition) is 5. The van der Waals surface area contributed by atoms with Crippen LogP contribution in [0.1, 0.15) is 57.7 Å². The summed E-state index contributed by atoms with van der Waals surface area (Å²) in [4.78, 5) is 28.6. The second kappa shape index (κ2) is 8.60. The van der Waals surface area contributed by atoms with Crippen LogP contribution in [0.4, 0.5) is 0 Å². The quantitative estimate of drug-likeness (QED) is 0.742. The number of hydrogen-bond donors (Lipinski definition) is 1. The topological polar surface area (TPSA) is 90.0 Å². The van der Waals surface area contributed by atoms with Gasteiger partial charge in [0.1, 0.15) is 0 Å². The van der Waals surface area contributed by atoms with Gasteiger partial charge in [0.25, 0.3) is 5.56 Å². The number of rotatable bonds is 8. The van der Waals surface area contributed by atoms with E-state index in [1.54, 1.807) is 10.6 Å². The van der Waals surface area contributed by atoms with E-state index >= 15 is 0 Å². The van der Waals surface area contributed by atoms with Gasteiger partial charge in [-0.25, -0.2) is 0 Å². The van der Waals surface area contributed by atoms with Crippen LogP contribution < -0.4 is 10.9 Å². The van der Waals surface area contributed by atoms with Gasteiger partial charge in [-0.3, -0.25) is 9.59 Å². The lowest BCUT2D eigenvalue weighted by Crippen LogP contribution is -2.25. The fourth-order valence-electron chi connectivity index (χ4n) is 2.64. The van der Waals surface area contributed by atoms with Gasteiger partial charge in [0.15, 0.2) is 0 Å². The van der Waals surface area contributed by atoms with Crippen LogP contribution in [0, 0.1) is 6.92 Å². The highest BCUT2D eigenvalue weighted by atomic mass is 16.5. The molecule has 1 N–H and O–H groups in total. The molecular formula is C18H26N4O3. The van der Waals surface area contributed by atoms with Crippen LogP contribution in [0.3, 0.4) is 0 Å². The van der Waals surface area contributed by atoms with Gasteiger partial charge in [0, 0.05) is 31.1 Å². The molecule has 0 aliphatic carbocycles. The summed E-state index contributed by atoms with van der Waals surface area (Å²) < 4.78 is 6.89. The van der Waals surface area contributed by atoms with Gasteiger partial charge in [-0.1, -0.05) is 18.5 Å². The Balaban J connectivity index is 2.08. The van der Waals surface area contributed by atoms with Crippen molar-refractivity contribution in [3.8, 4) is 11.4 Å². The average Bonchev–Trinajstić information content (AvgIpc) is 3.01. The number of aryl methyl sites for hydroxylation is 2. The van der Waals surface area contributed by atoms with Crippen LogP contribution >= 0.6 is 0 Å². The molecule has 1 amide bonds. The number of carbonyl (C=O) groups excluding carboxylic acids is 1. The molecular weight excluding hydrogens is 320 g/mol. The Morgan fingerprint density at radius 2 is 2.12 bits per heavy atom. The standard InChI is InChI=1S/C18H26N4O3/c1-5-6-11-19-15(23)9-10-16-20-17(21-25-16)14-8-7-13(4)22(12(2)3)18(14)24/h7-8,12H,5-6,9-11H2,1-4H3,(H,19,23). The van der Waals surface area contributed by atoms with Crippen molar-refractivity contribution in [3.05, 3.63) is 34.1 Å². The molecule has 0 atom stereocenters. The summed E-state index contributed by atoms with van der Waals surface area (Å²) in [5.74, 6) is 0.586. The Morgan fingerprint density at radius 1 is 1.36 bits per heavy atom. The number of nitrogens with one attached hydrogen (secondary N) is 1.